The number of para-hydroxylation sites is 1. The number of nitrogens with zero attached hydrogens (tertiary/aromatic N) is 4. The third-order valence-corrected chi connectivity index (χ3v) is 6.32. The molecule has 0 aliphatic carbocycles. The molecular weight excluding hydrogens is 458 g/mol. The third kappa shape index (κ3) is 4.51. The number of nitrogens with one attached hydrogen (secondary N) is 1. The second kappa shape index (κ2) is 9.77. The molecule has 0 saturated carbocycles. The molecule has 1 atom stereocenters. The number of ether oxygens (including phenoxy) is 3. The van der Waals surface area contributed by atoms with Crippen LogP contribution < -0.4 is 24.4 Å². The van der Waals surface area contributed by atoms with E-state index in [-0.39, 0.29) is 6.04 Å². The molecule has 0 radical (unpaired) electrons. The van der Waals surface area contributed by atoms with E-state index >= 15 is 0 Å². The first kappa shape index (κ1) is 23.5. The van der Waals surface area contributed by atoms with E-state index in [2.05, 4.69) is 10.2 Å². The number of methoxy groups -OCH3 is 2. The number of aromatic nitrogens is 3. The van der Waals surface area contributed by atoms with E-state index in [9.17, 15) is 4.79 Å². The lowest BCUT2D eigenvalue weighted by Crippen LogP contribution is -2.38. The van der Waals surface area contributed by atoms with Gasteiger partial charge in [0.2, 0.25) is 0 Å². The lowest BCUT2D eigenvalue weighted by Gasteiger charge is -2.20. The van der Waals surface area contributed by atoms with Gasteiger partial charge in [0.15, 0.2) is 17.1 Å². The number of benzene rings is 2. The molecule has 186 valence electrons. The molecule has 1 amide bonds. The normalized spacial score (nSPS) is 15.2. The van der Waals surface area contributed by atoms with Crippen molar-refractivity contribution in [2.24, 2.45) is 0 Å². The predicted molar refractivity (Wildman–Crippen MR) is 137 cm³/mol. The number of hydrogen-bond acceptors (Lipinski definition) is 7. The zero-order valence-corrected chi connectivity index (χ0v) is 20.8. The largest absolute Gasteiger partial charge is 0.493 e. The fraction of sp³-hybridized carbons (Fsp3) is 0.296. The van der Waals surface area contributed by atoms with Crippen LogP contribution in [0.25, 0.3) is 16.9 Å². The van der Waals surface area contributed by atoms with Crippen molar-refractivity contribution in [3.63, 3.8) is 0 Å². The van der Waals surface area contributed by atoms with Crippen LogP contribution in [0.3, 0.4) is 0 Å². The molecule has 2 aromatic heterocycles. The van der Waals surface area contributed by atoms with Gasteiger partial charge in [-0.3, -0.25) is 0 Å². The minimum atomic E-state index is -0.448. The lowest BCUT2D eigenvalue weighted by atomic mass is 10.1. The number of hydrogen-bond donors (Lipinski definition) is 1. The van der Waals surface area contributed by atoms with Gasteiger partial charge in [-0.1, -0.05) is 18.2 Å². The summed E-state index contributed by atoms with van der Waals surface area (Å²) in [6.07, 6.45) is 0.358. The highest BCUT2D eigenvalue weighted by molar-refractivity contribution is 5.77. The molecule has 1 fully saturated rings. The SMILES string of the molecule is COc1ccc(-c2c(C)nc3c(N4CC[C@H](NC(=O)Oc5ccccc5)C4)cc(C)nn23)cc1OC. The van der Waals surface area contributed by atoms with Crippen molar-refractivity contribution >= 4 is 17.4 Å². The van der Waals surface area contributed by atoms with Crippen LogP contribution >= 0.6 is 0 Å². The second-order valence-corrected chi connectivity index (χ2v) is 8.80. The maximum absolute atomic E-state index is 12.4. The summed E-state index contributed by atoms with van der Waals surface area (Å²) in [5, 5.41) is 7.77. The van der Waals surface area contributed by atoms with Crippen LogP contribution in [0.1, 0.15) is 17.8 Å². The van der Waals surface area contributed by atoms with Crippen molar-refractivity contribution in [1.82, 2.24) is 19.9 Å². The summed E-state index contributed by atoms with van der Waals surface area (Å²) in [6, 6.07) is 16.9. The fourth-order valence-corrected chi connectivity index (χ4v) is 4.67. The molecule has 5 rings (SSSR count). The minimum Gasteiger partial charge on any atom is -0.493 e. The number of carbonyl (C=O) groups is 1. The molecule has 0 spiro atoms. The van der Waals surface area contributed by atoms with Gasteiger partial charge in [-0.25, -0.2) is 14.3 Å². The quantitative estimate of drug-likeness (QED) is 0.431. The molecule has 1 saturated heterocycles. The van der Waals surface area contributed by atoms with Crippen molar-refractivity contribution < 1.29 is 19.0 Å². The van der Waals surface area contributed by atoms with Gasteiger partial charge in [0.25, 0.3) is 0 Å². The number of amides is 1. The zero-order chi connectivity index (χ0) is 25.2. The van der Waals surface area contributed by atoms with Gasteiger partial charge in [0.1, 0.15) is 5.75 Å². The van der Waals surface area contributed by atoms with E-state index in [4.69, 9.17) is 24.3 Å². The second-order valence-electron chi connectivity index (χ2n) is 8.80. The Hall–Kier alpha value is -4.27. The maximum Gasteiger partial charge on any atom is 0.412 e. The Morgan fingerprint density at radius 3 is 2.56 bits per heavy atom. The van der Waals surface area contributed by atoms with Crippen molar-refractivity contribution in [3.8, 4) is 28.5 Å². The Bertz CT molecular complexity index is 1400. The van der Waals surface area contributed by atoms with E-state index in [1.807, 2.05) is 60.8 Å². The summed E-state index contributed by atoms with van der Waals surface area (Å²) >= 11 is 0. The van der Waals surface area contributed by atoms with Crippen molar-refractivity contribution in [2.45, 2.75) is 26.3 Å². The van der Waals surface area contributed by atoms with E-state index in [0.29, 0.717) is 23.8 Å². The van der Waals surface area contributed by atoms with Crippen LogP contribution in [-0.4, -0.2) is 54.0 Å². The highest BCUT2D eigenvalue weighted by Crippen LogP contribution is 2.35. The van der Waals surface area contributed by atoms with E-state index in [0.717, 1.165) is 46.9 Å². The van der Waals surface area contributed by atoms with Crippen molar-refractivity contribution in [2.75, 3.05) is 32.2 Å². The molecule has 9 nitrogen and oxygen atoms in total. The Morgan fingerprint density at radius 1 is 1.03 bits per heavy atom. The van der Waals surface area contributed by atoms with E-state index in [1.165, 1.54) is 0 Å². The highest BCUT2D eigenvalue weighted by Gasteiger charge is 2.28. The molecule has 4 aromatic rings. The molecule has 9 heteroatoms. The van der Waals surface area contributed by atoms with E-state index in [1.54, 1.807) is 26.4 Å². The Kier molecular flexibility index (Phi) is 6.37. The first-order valence-corrected chi connectivity index (χ1v) is 11.8. The smallest absolute Gasteiger partial charge is 0.412 e. The fourth-order valence-electron chi connectivity index (χ4n) is 4.67. The van der Waals surface area contributed by atoms with Crippen LogP contribution in [0.5, 0.6) is 17.2 Å². The first-order chi connectivity index (χ1) is 17.5. The first-order valence-electron chi connectivity index (χ1n) is 11.8. The monoisotopic (exact) mass is 487 g/mol. The zero-order valence-electron chi connectivity index (χ0n) is 20.8. The maximum atomic E-state index is 12.4. The highest BCUT2D eigenvalue weighted by atomic mass is 16.6. The number of aryl methyl sites for hydroxylation is 2. The molecule has 1 aliphatic rings. The number of carbonyl (C=O) groups excluding carboxylic acids is 1. The van der Waals surface area contributed by atoms with Gasteiger partial charge < -0.3 is 24.4 Å². The topological polar surface area (TPSA) is 90.2 Å². The van der Waals surface area contributed by atoms with Crippen LogP contribution in [0.15, 0.2) is 54.6 Å². The molecule has 36 heavy (non-hydrogen) atoms. The van der Waals surface area contributed by atoms with Crippen LogP contribution in [0, 0.1) is 13.8 Å². The molecule has 1 aliphatic heterocycles. The molecule has 0 bridgehead atoms. The minimum absolute atomic E-state index is 0.0314. The van der Waals surface area contributed by atoms with Gasteiger partial charge in [-0.05, 0) is 56.7 Å². The average Bonchev–Trinajstić information content (AvgIpc) is 3.47. The number of rotatable bonds is 6. The standard InChI is InChI=1S/C27H29N5O4/c1-17-14-22(31-13-12-20(16-31)29-27(33)36-21-8-6-5-7-9-21)26-28-18(2)25(32(26)30-17)19-10-11-23(34-3)24(15-19)35-4/h5-11,14-15,20H,12-13,16H2,1-4H3,(H,29,33)/t20-/m0/s1. The molecule has 3 heterocycles. The predicted octanol–water partition coefficient (Wildman–Crippen LogP) is 4.40. The van der Waals surface area contributed by atoms with Crippen LogP contribution in [-0.2, 0) is 0 Å². The summed E-state index contributed by atoms with van der Waals surface area (Å²) in [5.41, 5.74) is 5.33. The molecule has 1 N–H and O–H groups in total. The number of anilines is 1. The average molecular weight is 488 g/mol. The summed E-state index contributed by atoms with van der Waals surface area (Å²) in [6.45, 7) is 5.39. The number of imidazole rings is 1. The summed E-state index contributed by atoms with van der Waals surface area (Å²) in [7, 11) is 3.24. The summed E-state index contributed by atoms with van der Waals surface area (Å²) in [5.74, 6) is 1.83. The van der Waals surface area contributed by atoms with Crippen molar-refractivity contribution in [1.29, 1.82) is 0 Å². The van der Waals surface area contributed by atoms with Gasteiger partial charge >= 0.3 is 6.09 Å². The van der Waals surface area contributed by atoms with Gasteiger partial charge in [0, 0.05) is 18.7 Å². The van der Waals surface area contributed by atoms with Crippen LogP contribution in [0.4, 0.5) is 10.5 Å². The van der Waals surface area contributed by atoms with E-state index < -0.39 is 6.09 Å². The molecule has 2 aromatic carbocycles. The third-order valence-electron chi connectivity index (χ3n) is 6.32. The molecule has 0 unspecified atom stereocenters. The van der Waals surface area contributed by atoms with Crippen LogP contribution in [0.2, 0.25) is 0 Å². The van der Waals surface area contributed by atoms with Gasteiger partial charge in [-0.15, -0.1) is 0 Å². The Labute approximate surface area is 209 Å². The molecular formula is C27H29N5O4. The lowest BCUT2D eigenvalue weighted by molar-refractivity contribution is 0.197. The van der Waals surface area contributed by atoms with Gasteiger partial charge in [0.05, 0.1) is 43.0 Å². The van der Waals surface area contributed by atoms with Gasteiger partial charge in [-0.2, -0.15) is 5.10 Å². The van der Waals surface area contributed by atoms with Crippen molar-refractivity contribution in [3.05, 3.63) is 66.0 Å². The Balaban J connectivity index is 1.41. The Morgan fingerprint density at radius 2 is 1.81 bits per heavy atom. The number of fused-ring (bicyclic) bond motifs is 1. The summed E-state index contributed by atoms with van der Waals surface area (Å²) in [4.78, 5) is 19.5. The summed E-state index contributed by atoms with van der Waals surface area (Å²) < 4.78 is 18.2.